The van der Waals surface area contributed by atoms with E-state index in [-0.39, 0.29) is 0 Å². The summed E-state index contributed by atoms with van der Waals surface area (Å²) in [6.45, 7) is 4.08. The van der Waals surface area contributed by atoms with Gasteiger partial charge in [0.15, 0.2) is 6.20 Å². The molecule has 24 heavy (non-hydrogen) atoms. The largest absolute Gasteiger partial charge is 0.456 e. The minimum atomic E-state index is 0.661. The third-order valence-corrected chi connectivity index (χ3v) is 4.52. The molecule has 116 valence electrons. The fourth-order valence-corrected chi connectivity index (χ4v) is 3.43. The molecule has 0 bridgehead atoms. The van der Waals surface area contributed by atoms with Gasteiger partial charge >= 0.3 is 0 Å². The van der Waals surface area contributed by atoms with Crippen molar-refractivity contribution in [2.45, 2.75) is 13.8 Å². The zero-order valence-electron chi connectivity index (χ0n) is 13.9. The first-order valence-corrected chi connectivity index (χ1v) is 7.91. The molecule has 0 radical (unpaired) electrons. The molecule has 2 heterocycles. The van der Waals surface area contributed by atoms with Crippen LogP contribution in [0.4, 0.5) is 0 Å². The molecule has 0 fully saturated rings. The predicted octanol–water partition coefficient (Wildman–Crippen LogP) is 4.57. The Kier molecular flexibility index (Phi) is 3.14. The van der Waals surface area contributed by atoms with E-state index in [9.17, 15) is 5.26 Å². The summed E-state index contributed by atoms with van der Waals surface area (Å²) in [4.78, 5) is 0. The van der Waals surface area contributed by atoms with Crippen LogP contribution in [0, 0.1) is 25.2 Å². The van der Waals surface area contributed by atoms with Crippen molar-refractivity contribution in [3.8, 4) is 17.3 Å². The second-order valence-electron chi connectivity index (χ2n) is 6.23. The van der Waals surface area contributed by atoms with Gasteiger partial charge in [-0.1, -0.05) is 6.07 Å². The Morgan fingerprint density at radius 3 is 2.58 bits per heavy atom. The quantitative estimate of drug-likeness (QED) is 0.483. The van der Waals surface area contributed by atoms with Crippen LogP contribution in [0.1, 0.15) is 16.7 Å². The van der Waals surface area contributed by atoms with Crippen LogP contribution in [-0.4, -0.2) is 0 Å². The number of hydrogen-bond acceptors (Lipinski definition) is 2. The van der Waals surface area contributed by atoms with Gasteiger partial charge in [-0.3, -0.25) is 0 Å². The number of nitrogens with zero attached hydrogens (tertiary/aromatic N) is 2. The first-order chi connectivity index (χ1) is 11.6. The standard InChI is InChI=1S/C21H17N2O/c1-13-10-15(12-22)20-18(11-13)24-17-8-7-14(2)19(21(17)20)16-6-4-5-9-23(16)3/h4-11H,1-3H3/q+1. The van der Waals surface area contributed by atoms with E-state index in [0.717, 1.165) is 44.3 Å². The Bertz CT molecular complexity index is 1150. The van der Waals surface area contributed by atoms with Crippen molar-refractivity contribution in [2.24, 2.45) is 7.05 Å². The molecule has 0 aliphatic heterocycles. The van der Waals surface area contributed by atoms with Crippen LogP contribution in [0.25, 0.3) is 33.2 Å². The topological polar surface area (TPSA) is 40.8 Å². The summed E-state index contributed by atoms with van der Waals surface area (Å²) in [5.74, 6) is 0. The van der Waals surface area contributed by atoms with E-state index in [1.165, 1.54) is 0 Å². The van der Waals surface area contributed by atoms with Crippen molar-refractivity contribution in [1.82, 2.24) is 0 Å². The Morgan fingerprint density at radius 2 is 1.83 bits per heavy atom. The van der Waals surface area contributed by atoms with Gasteiger partial charge in [-0.05, 0) is 49.2 Å². The van der Waals surface area contributed by atoms with Gasteiger partial charge in [0.2, 0.25) is 5.69 Å². The summed E-state index contributed by atoms with van der Waals surface area (Å²) in [5.41, 5.74) is 6.67. The highest BCUT2D eigenvalue weighted by Crippen LogP contribution is 2.39. The van der Waals surface area contributed by atoms with Gasteiger partial charge in [0.25, 0.3) is 0 Å². The monoisotopic (exact) mass is 313 g/mol. The van der Waals surface area contributed by atoms with Gasteiger partial charge in [0.05, 0.1) is 17.2 Å². The number of aromatic nitrogens is 1. The van der Waals surface area contributed by atoms with Crippen LogP contribution in [0.2, 0.25) is 0 Å². The summed E-state index contributed by atoms with van der Waals surface area (Å²) >= 11 is 0. The summed E-state index contributed by atoms with van der Waals surface area (Å²) < 4.78 is 8.17. The summed E-state index contributed by atoms with van der Waals surface area (Å²) in [5, 5.41) is 11.5. The number of rotatable bonds is 1. The van der Waals surface area contributed by atoms with Gasteiger partial charge in [-0.2, -0.15) is 5.26 Å². The molecule has 2 aromatic heterocycles. The Labute approximate surface area is 140 Å². The molecule has 0 saturated carbocycles. The van der Waals surface area contributed by atoms with Gasteiger partial charge in [0.1, 0.15) is 18.2 Å². The number of aryl methyl sites for hydroxylation is 3. The predicted molar refractivity (Wildman–Crippen MR) is 94.5 cm³/mol. The number of fused-ring (bicyclic) bond motifs is 3. The van der Waals surface area contributed by atoms with Crippen molar-refractivity contribution < 1.29 is 8.98 Å². The number of pyridine rings is 1. The lowest BCUT2D eigenvalue weighted by Gasteiger charge is -2.06. The van der Waals surface area contributed by atoms with Gasteiger partial charge in [-0.25, -0.2) is 4.57 Å². The number of nitriles is 1. The molecular weight excluding hydrogens is 296 g/mol. The molecule has 4 rings (SSSR count). The molecule has 3 heteroatoms. The molecule has 0 atom stereocenters. The molecule has 0 saturated heterocycles. The zero-order valence-corrected chi connectivity index (χ0v) is 13.9. The Morgan fingerprint density at radius 1 is 1.00 bits per heavy atom. The second-order valence-corrected chi connectivity index (χ2v) is 6.23. The van der Waals surface area contributed by atoms with Crippen LogP contribution in [0.15, 0.2) is 53.1 Å². The SMILES string of the molecule is Cc1cc(C#N)c2c(c1)oc1ccc(C)c(-c3cccc[n+]3C)c12. The highest BCUT2D eigenvalue weighted by Gasteiger charge is 2.21. The maximum absolute atomic E-state index is 9.63. The number of hydrogen-bond donors (Lipinski definition) is 0. The maximum atomic E-state index is 9.63. The molecule has 0 spiro atoms. The molecule has 4 aromatic rings. The normalized spacial score (nSPS) is 11.1. The molecule has 0 amide bonds. The minimum absolute atomic E-state index is 0.661. The van der Waals surface area contributed by atoms with Crippen molar-refractivity contribution in [3.05, 3.63) is 65.4 Å². The van der Waals surface area contributed by atoms with Crippen molar-refractivity contribution in [2.75, 3.05) is 0 Å². The average molecular weight is 313 g/mol. The summed E-state index contributed by atoms with van der Waals surface area (Å²) in [6, 6.07) is 16.5. The average Bonchev–Trinajstić information content (AvgIpc) is 2.93. The molecule has 0 aliphatic rings. The van der Waals surface area contributed by atoms with Crippen LogP contribution >= 0.6 is 0 Å². The zero-order chi connectivity index (χ0) is 16.8. The van der Waals surface area contributed by atoms with E-state index in [2.05, 4.69) is 29.7 Å². The Hall–Kier alpha value is -3.12. The van der Waals surface area contributed by atoms with Crippen molar-refractivity contribution in [3.63, 3.8) is 0 Å². The lowest BCUT2D eigenvalue weighted by atomic mass is 9.95. The minimum Gasteiger partial charge on any atom is -0.456 e. The van der Waals surface area contributed by atoms with Crippen molar-refractivity contribution >= 4 is 21.9 Å². The highest BCUT2D eigenvalue weighted by molar-refractivity contribution is 6.14. The lowest BCUT2D eigenvalue weighted by Crippen LogP contribution is -2.30. The van der Waals surface area contributed by atoms with Gasteiger partial charge in [0, 0.05) is 22.9 Å². The highest BCUT2D eigenvalue weighted by atomic mass is 16.3. The fourth-order valence-electron chi connectivity index (χ4n) is 3.43. The van der Waals surface area contributed by atoms with E-state index < -0.39 is 0 Å². The van der Waals surface area contributed by atoms with Gasteiger partial charge < -0.3 is 4.42 Å². The van der Waals surface area contributed by atoms with E-state index in [1.807, 2.05) is 50.5 Å². The van der Waals surface area contributed by atoms with E-state index >= 15 is 0 Å². The van der Waals surface area contributed by atoms with Crippen LogP contribution in [0.3, 0.4) is 0 Å². The molecule has 0 unspecified atom stereocenters. The van der Waals surface area contributed by atoms with Crippen molar-refractivity contribution in [1.29, 1.82) is 5.26 Å². The van der Waals surface area contributed by atoms with E-state index in [0.29, 0.717) is 5.56 Å². The first-order valence-electron chi connectivity index (χ1n) is 7.91. The number of benzene rings is 2. The molecule has 2 aromatic carbocycles. The number of furan rings is 1. The molecular formula is C21H17N2O+. The third kappa shape index (κ3) is 2.00. The smallest absolute Gasteiger partial charge is 0.213 e. The fraction of sp³-hybridized carbons (Fsp3) is 0.143. The first kappa shape index (κ1) is 14.5. The second kappa shape index (κ2) is 5.21. The Balaban J connectivity index is 2.26. The summed E-state index contributed by atoms with van der Waals surface area (Å²) in [6.07, 6.45) is 2.03. The van der Waals surface area contributed by atoms with E-state index in [4.69, 9.17) is 4.42 Å². The summed E-state index contributed by atoms with van der Waals surface area (Å²) in [7, 11) is 2.03. The lowest BCUT2D eigenvalue weighted by molar-refractivity contribution is -0.660. The van der Waals surface area contributed by atoms with Crippen LogP contribution in [-0.2, 0) is 7.05 Å². The molecule has 0 aliphatic carbocycles. The molecule has 3 nitrogen and oxygen atoms in total. The van der Waals surface area contributed by atoms with Gasteiger partial charge in [-0.15, -0.1) is 0 Å². The van der Waals surface area contributed by atoms with Crippen LogP contribution in [0.5, 0.6) is 0 Å². The molecule has 0 N–H and O–H groups in total. The van der Waals surface area contributed by atoms with E-state index in [1.54, 1.807) is 0 Å². The van der Waals surface area contributed by atoms with Crippen LogP contribution < -0.4 is 4.57 Å². The maximum Gasteiger partial charge on any atom is 0.213 e. The third-order valence-electron chi connectivity index (χ3n) is 4.52.